The normalized spacial score (nSPS) is 10.7. The lowest BCUT2D eigenvalue weighted by atomic mass is 10.3. The molecule has 0 saturated heterocycles. The van der Waals surface area contributed by atoms with Gasteiger partial charge in [-0.1, -0.05) is 40.5 Å². The molecule has 1 heterocycles. The van der Waals surface area contributed by atoms with Crippen LogP contribution in [0.2, 0.25) is 5.02 Å². The maximum absolute atomic E-state index is 6.33. The minimum absolute atomic E-state index is 0.427. The Morgan fingerprint density at radius 3 is 2.79 bits per heavy atom. The molecule has 0 bridgehead atoms. The van der Waals surface area contributed by atoms with Crippen LogP contribution in [0.15, 0.2) is 28.7 Å². The molecular formula is C14H16BrClN2O. The minimum atomic E-state index is 0.427. The highest BCUT2D eigenvalue weighted by Crippen LogP contribution is 2.24. The standard InChI is InChI=1S/C14H16BrClN2O/c1-3-12-14(16)13(18(4-2)17-12)9-19-11-7-5-6-10(15)8-11/h5-8H,3-4,9H2,1-2H3. The highest BCUT2D eigenvalue weighted by Gasteiger charge is 2.14. The lowest BCUT2D eigenvalue weighted by Crippen LogP contribution is -2.06. The number of hydrogen-bond donors (Lipinski definition) is 0. The summed E-state index contributed by atoms with van der Waals surface area (Å²) < 4.78 is 8.68. The van der Waals surface area contributed by atoms with E-state index in [9.17, 15) is 0 Å². The van der Waals surface area contributed by atoms with Gasteiger partial charge in [0.25, 0.3) is 0 Å². The van der Waals surface area contributed by atoms with Crippen molar-refractivity contribution in [3.05, 3.63) is 45.1 Å². The van der Waals surface area contributed by atoms with Crippen molar-refractivity contribution >= 4 is 27.5 Å². The molecule has 0 atom stereocenters. The van der Waals surface area contributed by atoms with Crippen LogP contribution in [0.25, 0.3) is 0 Å². The quantitative estimate of drug-likeness (QED) is 0.801. The molecule has 0 aliphatic carbocycles. The van der Waals surface area contributed by atoms with Crippen LogP contribution < -0.4 is 4.74 Å². The molecule has 2 rings (SSSR count). The Hall–Kier alpha value is -1.000. The summed E-state index contributed by atoms with van der Waals surface area (Å²) in [6.07, 6.45) is 0.829. The van der Waals surface area contributed by atoms with E-state index in [1.807, 2.05) is 42.8 Å². The van der Waals surface area contributed by atoms with Crippen molar-refractivity contribution in [3.8, 4) is 5.75 Å². The van der Waals surface area contributed by atoms with E-state index in [1.54, 1.807) is 0 Å². The average molecular weight is 344 g/mol. The van der Waals surface area contributed by atoms with E-state index in [2.05, 4.69) is 21.0 Å². The smallest absolute Gasteiger partial charge is 0.131 e. The van der Waals surface area contributed by atoms with E-state index in [4.69, 9.17) is 16.3 Å². The summed E-state index contributed by atoms with van der Waals surface area (Å²) in [5, 5.41) is 5.19. The van der Waals surface area contributed by atoms with E-state index in [0.29, 0.717) is 6.61 Å². The average Bonchev–Trinajstić information content (AvgIpc) is 2.72. The number of rotatable bonds is 5. The first-order valence-corrected chi connectivity index (χ1v) is 7.45. The first kappa shape index (κ1) is 14.4. The second-order valence-electron chi connectivity index (χ2n) is 4.12. The van der Waals surface area contributed by atoms with E-state index in [-0.39, 0.29) is 0 Å². The van der Waals surface area contributed by atoms with Gasteiger partial charge in [0.05, 0.1) is 16.4 Å². The second-order valence-corrected chi connectivity index (χ2v) is 5.42. The van der Waals surface area contributed by atoms with Gasteiger partial charge in [-0.15, -0.1) is 0 Å². The third-order valence-electron chi connectivity index (χ3n) is 2.87. The van der Waals surface area contributed by atoms with Crippen LogP contribution in [0.1, 0.15) is 25.2 Å². The molecule has 0 N–H and O–H groups in total. The van der Waals surface area contributed by atoms with Gasteiger partial charge in [0, 0.05) is 11.0 Å². The third-order valence-corrected chi connectivity index (χ3v) is 3.80. The van der Waals surface area contributed by atoms with Crippen molar-refractivity contribution in [1.82, 2.24) is 9.78 Å². The van der Waals surface area contributed by atoms with Gasteiger partial charge in [-0.2, -0.15) is 5.10 Å². The Bertz CT molecular complexity index is 569. The van der Waals surface area contributed by atoms with E-state index in [1.165, 1.54) is 0 Å². The molecule has 2 aromatic rings. The second kappa shape index (κ2) is 6.44. The van der Waals surface area contributed by atoms with Crippen LogP contribution in [0.3, 0.4) is 0 Å². The molecule has 1 aromatic carbocycles. The summed E-state index contributed by atoms with van der Waals surface area (Å²) in [6.45, 7) is 5.31. The van der Waals surface area contributed by atoms with Crippen LogP contribution in [0.5, 0.6) is 5.75 Å². The van der Waals surface area contributed by atoms with E-state index in [0.717, 1.165) is 39.6 Å². The molecule has 0 saturated carbocycles. The van der Waals surface area contributed by atoms with Crippen LogP contribution in [-0.4, -0.2) is 9.78 Å². The fourth-order valence-electron chi connectivity index (χ4n) is 1.86. The Balaban J connectivity index is 2.17. The minimum Gasteiger partial charge on any atom is -0.487 e. The number of nitrogens with zero attached hydrogens (tertiary/aromatic N) is 2. The van der Waals surface area contributed by atoms with Crippen LogP contribution in [-0.2, 0) is 19.6 Å². The topological polar surface area (TPSA) is 27.1 Å². The highest BCUT2D eigenvalue weighted by molar-refractivity contribution is 9.10. The maximum atomic E-state index is 6.33. The van der Waals surface area contributed by atoms with Gasteiger partial charge in [0.15, 0.2) is 0 Å². The highest BCUT2D eigenvalue weighted by atomic mass is 79.9. The number of aryl methyl sites for hydroxylation is 2. The summed E-state index contributed by atoms with van der Waals surface area (Å²) in [6, 6.07) is 7.76. The van der Waals surface area contributed by atoms with Crippen molar-refractivity contribution in [2.24, 2.45) is 0 Å². The molecule has 0 aliphatic rings. The van der Waals surface area contributed by atoms with Gasteiger partial charge >= 0.3 is 0 Å². The Kier molecular flexibility index (Phi) is 4.88. The zero-order chi connectivity index (χ0) is 13.8. The van der Waals surface area contributed by atoms with Gasteiger partial charge in [-0.25, -0.2) is 0 Å². The summed E-state index contributed by atoms with van der Waals surface area (Å²) >= 11 is 9.76. The number of aromatic nitrogens is 2. The SMILES string of the molecule is CCc1nn(CC)c(COc2cccc(Br)c2)c1Cl. The molecule has 0 amide bonds. The maximum Gasteiger partial charge on any atom is 0.131 e. The molecule has 0 radical (unpaired) electrons. The Morgan fingerprint density at radius 2 is 2.16 bits per heavy atom. The fraction of sp³-hybridized carbons (Fsp3) is 0.357. The van der Waals surface area contributed by atoms with Crippen molar-refractivity contribution in [2.75, 3.05) is 0 Å². The van der Waals surface area contributed by atoms with Crippen LogP contribution in [0, 0.1) is 0 Å². The molecule has 19 heavy (non-hydrogen) atoms. The number of benzene rings is 1. The zero-order valence-corrected chi connectivity index (χ0v) is 13.3. The van der Waals surface area contributed by atoms with E-state index < -0.39 is 0 Å². The molecule has 0 spiro atoms. The molecule has 102 valence electrons. The largest absolute Gasteiger partial charge is 0.487 e. The van der Waals surface area contributed by atoms with Crippen LogP contribution in [0.4, 0.5) is 0 Å². The molecule has 1 aromatic heterocycles. The molecule has 0 unspecified atom stereocenters. The molecule has 0 fully saturated rings. The zero-order valence-electron chi connectivity index (χ0n) is 11.0. The first-order valence-electron chi connectivity index (χ1n) is 6.28. The molecule has 5 heteroatoms. The van der Waals surface area contributed by atoms with Gasteiger partial charge in [0.1, 0.15) is 12.4 Å². The summed E-state index contributed by atoms with van der Waals surface area (Å²) in [5.41, 5.74) is 1.86. The van der Waals surface area contributed by atoms with Gasteiger partial charge in [-0.3, -0.25) is 4.68 Å². The predicted octanol–water partition coefficient (Wildman–Crippen LogP) is 4.46. The van der Waals surface area contributed by atoms with Gasteiger partial charge in [-0.05, 0) is 31.5 Å². The fourth-order valence-corrected chi connectivity index (χ4v) is 2.57. The first-order chi connectivity index (χ1) is 9.15. The predicted molar refractivity (Wildman–Crippen MR) is 80.8 cm³/mol. The van der Waals surface area contributed by atoms with Crippen molar-refractivity contribution in [3.63, 3.8) is 0 Å². The number of hydrogen-bond acceptors (Lipinski definition) is 2. The lowest BCUT2D eigenvalue weighted by molar-refractivity contribution is 0.292. The number of halogens is 2. The summed E-state index contributed by atoms with van der Waals surface area (Å²) in [7, 11) is 0. The third kappa shape index (κ3) is 3.31. The monoisotopic (exact) mass is 342 g/mol. The number of ether oxygens (including phenoxy) is 1. The Morgan fingerprint density at radius 1 is 1.37 bits per heavy atom. The van der Waals surface area contributed by atoms with E-state index >= 15 is 0 Å². The van der Waals surface area contributed by atoms with Crippen molar-refractivity contribution in [1.29, 1.82) is 0 Å². The van der Waals surface area contributed by atoms with Gasteiger partial charge < -0.3 is 4.74 Å². The Labute approximate surface area is 126 Å². The summed E-state index contributed by atoms with van der Waals surface area (Å²) in [5.74, 6) is 0.812. The van der Waals surface area contributed by atoms with Gasteiger partial charge in [0.2, 0.25) is 0 Å². The van der Waals surface area contributed by atoms with Crippen molar-refractivity contribution < 1.29 is 4.74 Å². The van der Waals surface area contributed by atoms with Crippen LogP contribution >= 0.6 is 27.5 Å². The molecule has 3 nitrogen and oxygen atoms in total. The molecular weight excluding hydrogens is 328 g/mol. The van der Waals surface area contributed by atoms with Crippen molar-refractivity contribution in [2.45, 2.75) is 33.4 Å². The molecule has 0 aliphatic heterocycles. The lowest BCUT2D eigenvalue weighted by Gasteiger charge is -2.08. The summed E-state index contributed by atoms with van der Waals surface area (Å²) in [4.78, 5) is 0.